The maximum atomic E-state index is 12.8. The maximum absolute atomic E-state index is 12.8. The van der Waals surface area contributed by atoms with E-state index >= 15 is 0 Å². The van der Waals surface area contributed by atoms with E-state index in [2.05, 4.69) is 5.10 Å². The summed E-state index contributed by atoms with van der Waals surface area (Å²) in [7, 11) is -3.68. The van der Waals surface area contributed by atoms with Gasteiger partial charge in [0.25, 0.3) is 5.56 Å². The van der Waals surface area contributed by atoms with Crippen LogP contribution in [-0.2, 0) is 15.6 Å². The highest BCUT2D eigenvalue weighted by Crippen LogP contribution is 2.37. The number of hydrogen-bond donors (Lipinski definition) is 0. The normalized spacial score (nSPS) is 12.3. The van der Waals surface area contributed by atoms with Crippen LogP contribution in [-0.4, -0.2) is 24.5 Å². The molecule has 0 saturated heterocycles. The van der Waals surface area contributed by atoms with Crippen LogP contribution in [0.5, 0.6) is 0 Å². The largest absolute Gasteiger partial charge is 0.268 e. The predicted molar refractivity (Wildman–Crippen MR) is 127 cm³/mol. The van der Waals surface area contributed by atoms with Crippen LogP contribution < -0.4 is 9.86 Å². The van der Waals surface area contributed by atoms with Gasteiger partial charge in [-0.1, -0.05) is 11.6 Å². The summed E-state index contributed by atoms with van der Waals surface area (Å²) >= 11 is 8.00. The highest BCUT2D eigenvalue weighted by atomic mass is 35.5. The number of benzene rings is 2. The van der Waals surface area contributed by atoms with Crippen molar-refractivity contribution in [2.24, 2.45) is 0 Å². The molecule has 0 aliphatic heterocycles. The smallest absolute Gasteiger partial charge is 0.267 e. The highest BCUT2D eigenvalue weighted by molar-refractivity contribution is 7.92. The zero-order chi connectivity index (χ0) is 22.4. The van der Waals surface area contributed by atoms with E-state index < -0.39 is 15.6 Å². The summed E-state index contributed by atoms with van der Waals surface area (Å²) in [5.41, 5.74) is 0.419. The van der Waals surface area contributed by atoms with Gasteiger partial charge in [-0.15, -0.1) is 11.3 Å². The number of halogens is 1. The second-order valence-electron chi connectivity index (χ2n) is 7.70. The molecule has 0 bridgehead atoms. The van der Waals surface area contributed by atoms with Crippen molar-refractivity contribution in [1.29, 1.82) is 0 Å². The third-order valence-electron chi connectivity index (χ3n) is 5.07. The number of anilines is 2. The summed E-state index contributed by atoms with van der Waals surface area (Å²) in [6, 6.07) is 15.5. The fourth-order valence-electron chi connectivity index (χ4n) is 3.56. The Labute approximate surface area is 189 Å². The molecule has 0 unspecified atom stereocenters. The van der Waals surface area contributed by atoms with E-state index in [0.717, 1.165) is 16.3 Å². The van der Waals surface area contributed by atoms with Crippen molar-refractivity contribution < 1.29 is 8.42 Å². The molecular formula is C22H20ClN3O3S2. The number of fused-ring (bicyclic) bond motifs is 1. The molecule has 0 atom stereocenters. The molecule has 0 spiro atoms. The van der Waals surface area contributed by atoms with E-state index in [1.807, 2.05) is 37.4 Å². The second-order valence-corrected chi connectivity index (χ2v) is 10.9. The number of nitrogens with zero attached hydrogens (tertiary/aromatic N) is 3. The minimum Gasteiger partial charge on any atom is -0.268 e. The van der Waals surface area contributed by atoms with Crippen LogP contribution in [0.4, 0.5) is 11.4 Å². The number of thiophene rings is 1. The van der Waals surface area contributed by atoms with Gasteiger partial charge in [-0.3, -0.25) is 4.79 Å². The Morgan fingerprint density at radius 3 is 2.55 bits per heavy atom. The van der Waals surface area contributed by atoms with Gasteiger partial charge >= 0.3 is 0 Å². The molecular weight excluding hydrogens is 454 g/mol. The summed E-state index contributed by atoms with van der Waals surface area (Å²) < 4.78 is 29.3. The molecule has 6 nitrogen and oxygen atoms in total. The second kappa shape index (κ2) is 7.78. The first-order valence-electron chi connectivity index (χ1n) is 9.41. The van der Waals surface area contributed by atoms with Crippen molar-refractivity contribution in [3.63, 3.8) is 0 Å². The SMILES string of the molecule is CC(C)(c1cc(Cl)cc(N(c2ccc3sccc3c2)S(C)(=O)=O)c1)n1ncccc1=O. The molecule has 0 N–H and O–H groups in total. The molecule has 9 heteroatoms. The maximum Gasteiger partial charge on any atom is 0.267 e. The topological polar surface area (TPSA) is 72.3 Å². The molecule has 0 aliphatic carbocycles. The van der Waals surface area contributed by atoms with Crippen LogP contribution in [0.1, 0.15) is 19.4 Å². The lowest BCUT2D eigenvalue weighted by molar-refractivity contribution is 0.371. The first-order chi connectivity index (χ1) is 14.6. The fraction of sp³-hybridized carbons (Fsp3) is 0.182. The molecule has 0 amide bonds. The molecule has 0 fully saturated rings. The standard InChI is InChI=1S/C22H20ClN3O3S2/c1-22(2,26-21(27)5-4-9-24-26)16-12-17(23)14-19(13-16)25(31(3,28)29)18-6-7-20-15(11-18)8-10-30-20/h4-14H,1-3H3. The Hall–Kier alpha value is -2.68. The van der Waals surface area contributed by atoms with Crippen LogP contribution in [0.2, 0.25) is 5.02 Å². The molecule has 0 radical (unpaired) electrons. The van der Waals surface area contributed by atoms with E-state index in [0.29, 0.717) is 22.0 Å². The van der Waals surface area contributed by atoms with Gasteiger partial charge in [-0.2, -0.15) is 5.10 Å². The van der Waals surface area contributed by atoms with Crippen LogP contribution in [0.15, 0.2) is 71.0 Å². The summed E-state index contributed by atoms with van der Waals surface area (Å²) in [6.07, 6.45) is 2.69. The van der Waals surface area contributed by atoms with Gasteiger partial charge in [-0.25, -0.2) is 17.4 Å². The molecule has 160 valence electrons. The van der Waals surface area contributed by atoms with E-state index in [1.165, 1.54) is 21.3 Å². The lowest BCUT2D eigenvalue weighted by atomic mass is 9.94. The first-order valence-corrected chi connectivity index (χ1v) is 12.5. The predicted octanol–water partition coefficient (Wildman–Crippen LogP) is 4.99. The van der Waals surface area contributed by atoms with Crippen LogP contribution in [0.25, 0.3) is 10.1 Å². The van der Waals surface area contributed by atoms with Crippen molar-refractivity contribution in [2.45, 2.75) is 19.4 Å². The van der Waals surface area contributed by atoms with Crippen LogP contribution >= 0.6 is 22.9 Å². The Kier molecular flexibility index (Phi) is 5.41. The van der Waals surface area contributed by atoms with Gasteiger partial charge in [0.1, 0.15) is 0 Å². The average Bonchev–Trinajstić information content (AvgIpc) is 3.15. The van der Waals surface area contributed by atoms with E-state index in [9.17, 15) is 13.2 Å². The minimum absolute atomic E-state index is 0.267. The number of hydrogen-bond acceptors (Lipinski definition) is 5. The van der Waals surface area contributed by atoms with Crippen molar-refractivity contribution in [3.8, 4) is 0 Å². The van der Waals surface area contributed by atoms with Crippen LogP contribution in [0, 0.1) is 0 Å². The summed E-state index contributed by atoms with van der Waals surface area (Å²) in [5, 5.41) is 7.47. The quantitative estimate of drug-likeness (QED) is 0.409. The highest BCUT2D eigenvalue weighted by Gasteiger charge is 2.28. The van der Waals surface area contributed by atoms with Gasteiger partial charge in [0, 0.05) is 22.0 Å². The Morgan fingerprint density at radius 1 is 1.06 bits per heavy atom. The zero-order valence-corrected chi connectivity index (χ0v) is 19.5. The van der Waals surface area contributed by atoms with Gasteiger partial charge in [0.05, 0.1) is 23.2 Å². The third kappa shape index (κ3) is 4.11. The van der Waals surface area contributed by atoms with E-state index in [4.69, 9.17) is 11.6 Å². The van der Waals surface area contributed by atoms with E-state index in [-0.39, 0.29) is 5.56 Å². The van der Waals surface area contributed by atoms with Gasteiger partial charge in [0.15, 0.2) is 0 Å². The number of rotatable bonds is 5. The van der Waals surface area contributed by atoms with E-state index in [1.54, 1.807) is 41.7 Å². The van der Waals surface area contributed by atoms with Crippen molar-refractivity contribution >= 4 is 54.4 Å². The molecule has 2 aromatic heterocycles. The van der Waals surface area contributed by atoms with Crippen molar-refractivity contribution in [3.05, 3.63) is 87.1 Å². The summed E-state index contributed by atoms with van der Waals surface area (Å²) in [4.78, 5) is 12.4. The molecule has 31 heavy (non-hydrogen) atoms. The number of aromatic nitrogens is 2. The Balaban J connectivity index is 1.90. The minimum atomic E-state index is -3.68. The Bertz CT molecular complexity index is 1440. The van der Waals surface area contributed by atoms with Gasteiger partial charge in [-0.05, 0) is 78.7 Å². The molecule has 4 rings (SSSR count). The zero-order valence-electron chi connectivity index (χ0n) is 17.1. The Morgan fingerprint density at radius 2 is 1.84 bits per heavy atom. The average molecular weight is 474 g/mol. The molecule has 0 aliphatic rings. The summed E-state index contributed by atoms with van der Waals surface area (Å²) in [6.45, 7) is 3.66. The first kappa shape index (κ1) is 21.5. The summed E-state index contributed by atoms with van der Waals surface area (Å²) in [5.74, 6) is 0. The molecule has 4 aromatic rings. The third-order valence-corrected chi connectivity index (χ3v) is 7.27. The van der Waals surface area contributed by atoms with Crippen molar-refractivity contribution in [2.75, 3.05) is 10.6 Å². The van der Waals surface area contributed by atoms with Crippen molar-refractivity contribution in [1.82, 2.24) is 9.78 Å². The monoisotopic (exact) mass is 473 g/mol. The van der Waals surface area contributed by atoms with Gasteiger partial charge < -0.3 is 0 Å². The lowest BCUT2D eigenvalue weighted by Crippen LogP contribution is -2.38. The lowest BCUT2D eigenvalue weighted by Gasteiger charge is -2.29. The van der Waals surface area contributed by atoms with Crippen LogP contribution in [0.3, 0.4) is 0 Å². The number of sulfonamides is 1. The van der Waals surface area contributed by atoms with Gasteiger partial charge in [0.2, 0.25) is 10.0 Å². The molecule has 2 heterocycles. The fourth-order valence-corrected chi connectivity index (χ4v) is 5.54. The molecule has 0 saturated carbocycles. The molecule has 2 aromatic carbocycles.